The Morgan fingerprint density at radius 1 is 1.30 bits per heavy atom. The summed E-state index contributed by atoms with van der Waals surface area (Å²) in [7, 11) is 0. The molecule has 3 nitrogen and oxygen atoms in total. The molecule has 2 N–H and O–H groups in total. The Hall–Kier alpha value is -0.750. The van der Waals surface area contributed by atoms with Crippen molar-refractivity contribution >= 4 is 38.9 Å². The first kappa shape index (κ1) is 14.2. The lowest BCUT2D eigenvalue weighted by molar-refractivity contribution is 0.171. The lowest BCUT2D eigenvalue weighted by atomic mass is 10.0. The minimum absolute atomic E-state index is 0.286. The van der Waals surface area contributed by atoms with Gasteiger partial charge in [-0.3, -0.25) is 0 Å². The fourth-order valence-electron chi connectivity index (χ4n) is 2.12. The first-order chi connectivity index (χ1) is 9.58. The van der Waals surface area contributed by atoms with Crippen LogP contribution in [0.3, 0.4) is 0 Å². The van der Waals surface area contributed by atoms with Crippen LogP contribution in [0.1, 0.15) is 22.0 Å². The zero-order valence-electron chi connectivity index (χ0n) is 10.8. The maximum absolute atomic E-state index is 6.36. The second-order valence-electron chi connectivity index (χ2n) is 4.59. The molecule has 1 aromatic carbocycles. The zero-order chi connectivity index (χ0) is 14.3. The van der Waals surface area contributed by atoms with Crippen LogP contribution in [0.15, 0.2) is 22.0 Å². The lowest BCUT2D eigenvalue weighted by Gasteiger charge is -2.21. The highest BCUT2D eigenvalue weighted by Crippen LogP contribution is 2.41. The van der Waals surface area contributed by atoms with Crippen molar-refractivity contribution in [1.29, 1.82) is 0 Å². The molecule has 20 heavy (non-hydrogen) atoms. The maximum Gasteiger partial charge on any atom is 0.162 e. The summed E-state index contributed by atoms with van der Waals surface area (Å²) < 4.78 is 12.1. The van der Waals surface area contributed by atoms with Gasteiger partial charge in [0.05, 0.1) is 11.1 Å². The largest absolute Gasteiger partial charge is 0.486 e. The Morgan fingerprint density at radius 3 is 2.55 bits per heavy atom. The summed E-state index contributed by atoms with van der Waals surface area (Å²) in [5.74, 6) is 1.47. The number of hydrogen-bond acceptors (Lipinski definition) is 4. The van der Waals surface area contributed by atoms with Crippen molar-refractivity contribution in [2.24, 2.45) is 5.73 Å². The summed E-state index contributed by atoms with van der Waals surface area (Å²) >= 11 is 11.4. The molecule has 0 bridgehead atoms. The third-order valence-electron chi connectivity index (χ3n) is 3.20. The zero-order valence-corrected chi connectivity index (χ0v) is 13.9. The summed E-state index contributed by atoms with van der Waals surface area (Å²) in [5, 5.41) is 2.76. The second-order valence-corrected chi connectivity index (χ2v) is 6.74. The fraction of sp³-hybridized carbons (Fsp3) is 0.286. The van der Waals surface area contributed by atoms with Crippen LogP contribution in [-0.4, -0.2) is 13.2 Å². The van der Waals surface area contributed by atoms with Crippen LogP contribution in [0, 0.1) is 6.92 Å². The van der Waals surface area contributed by atoms with Crippen molar-refractivity contribution in [3.63, 3.8) is 0 Å². The molecule has 1 aromatic heterocycles. The van der Waals surface area contributed by atoms with E-state index in [0.29, 0.717) is 13.2 Å². The molecule has 3 rings (SSSR count). The number of rotatable bonds is 2. The van der Waals surface area contributed by atoms with Gasteiger partial charge in [-0.2, -0.15) is 0 Å². The Morgan fingerprint density at radius 2 is 1.95 bits per heavy atom. The van der Waals surface area contributed by atoms with Crippen LogP contribution in [0.4, 0.5) is 0 Å². The number of nitrogens with two attached hydrogens (primary N) is 1. The molecule has 0 spiro atoms. The molecule has 2 aromatic rings. The molecule has 0 fully saturated rings. The van der Waals surface area contributed by atoms with Crippen LogP contribution in [0.2, 0.25) is 5.02 Å². The normalized spacial score (nSPS) is 15.2. The molecule has 0 aliphatic carbocycles. The SMILES string of the molecule is Cc1csc(C(N)c2cc3c(cc2Br)OCCO3)c1Cl. The van der Waals surface area contributed by atoms with E-state index in [9.17, 15) is 0 Å². The highest BCUT2D eigenvalue weighted by atomic mass is 79.9. The van der Waals surface area contributed by atoms with Gasteiger partial charge in [-0.05, 0) is 35.6 Å². The van der Waals surface area contributed by atoms with Gasteiger partial charge in [-0.15, -0.1) is 11.3 Å². The summed E-state index contributed by atoms with van der Waals surface area (Å²) in [6, 6.07) is 3.54. The van der Waals surface area contributed by atoms with Gasteiger partial charge in [-0.25, -0.2) is 0 Å². The highest BCUT2D eigenvalue weighted by Gasteiger charge is 2.22. The van der Waals surface area contributed by atoms with Crippen molar-refractivity contribution in [2.75, 3.05) is 13.2 Å². The summed E-state index contributed by atoms with van der Waals surface area (Å²) in [5.41, 5.74) is 8.36. The van der Waals surface area contributed by atoms with Gasteiger partial charge in [0.15, 0.2) is 11.5 Å². The Kier molecular flexibility index (Phi) is 3.95. The first-order valence-electron chi connectivity index (χ1n) is 6.16. The molecule has 2 heterocycles. The van der Waals surface area contributed by atoms with Gasteiger partial charge < -0.3 is 15.2 Å². The smallest absolute Gasteiger partial charge is 0.162 e. The summed E-state index contributed by atoms with van der Waals surface area (Å²) in [4.78, 5) is 0.960. The van der Waals surface area contributed by atoms with Crippen LogP contribution >= 0.6 is 38.9 Å². The topological polar surface area (TPSA) is 44.5 Å². The molecule has 0 saturated heterocycles. The predicted octanol–water partition coefficient (Wildman–Crippen LogP) is 4.29. The second kappa shape index (κ2) is 5.56. The predicted molar refractivity (Wildman–Crippen MR) is 85.2 cm³/mol. The first-order valence-corrected chi connectivity index (χ1v) is 8.21. The third-order valence-corrected chi connectivity index (χ3v) is 5.69. The molecule has 6 heteroatoms. The van der Waals surface area contributed by atoms with Crippen LogP contribution < -0.4 is 15.2 Å². The molecule has 1 aliphatic rings. The lowest BCUT2D eigenvalue weighted by Crippen LogP contribution is -2.17. The van der Waals surface area contributed by atoms with Gasteiger partial charge in [0.1, 0.15) is 13.2 Å². The number of halogens is 2. The van der Waals surface area contributed by atoms with Crippen molar-refractivity contribution in [1.82, 2.24) is 0 Å². The quantitative estimate of drug-likeness (QED) is 0.852. The Labute approximate surface area is 134 Å². The summed E-state index contributed by atoms with van der Waals surface area (Å²) in [6.45, 7) is 3.11. The van der Waals surface area contributed by atoms with Crippen molar-refractivity contribution in [3.05, 3.63) is 43.0 Å². The number of benzene rings is 1. The monoisotopic (exact) mass is 373 g/mol. The third kappa shape index (κ3) is 2.44. The van der Waals surface area contributed by atoms with E-state index in [1.807, 2.05) is 24.4 Å². The van der Waals surface area contributed by atoms with Gasteiger partial charge in [0.25, 0.3) is 0 Å². The molecule has 0 amide bonds. The molecular weight excluding hydrogens is 362 g/mol. The van der Waals surface area contributed by atoms with Gasteiger partial charge in [0.2, 0.25) is 0 Å². The average Bonchev–Trinajstić information content (AvgIpc) is 2.77. The molecule has 1 atom stereocenters. The number of aryl methyl sites for hydroxylation is 1. The number of hydrogen-bond donors (Lipinski definition) is 1. The van der Waals surface area contributed by atoms with Crippen molar-refractivity contribution in [3.8, 4) is 11.5 Å². The Balaban J connectivity index is 2.03. The minimum Gasteiger partial charge on any atom is -0.486 e. The van der Waals surface area contributed by atoms with E-state index in [4.69, 9.17) is 26.8 Å². The number of thiophene rings is 1. The van der Waals surface area contributed by atoms with Gasteiger partial charge in [0, 0.05) is 9.35 Å². The standard InChI is InChI=1S/C14H13BrClNO2S/c1-7-6-20-14(12(7)16)13(17)8-4-10-11(5-9(8)15)19-3-2-18-10/h4-6,13H,2-3,17H2,1H3. The van der Waals surface area contributed by atoms with E-state index in [1.54, 1.807) is 11.3 Å². The molecule has 1 aliphatic heterocycles. The van der Waals surface area contributed by atoms with E-state index in [1.165, 1.54) is 0 Å². The molecule has 1 unspecified atom stereocenters. The average molecular weight is 375 g/mol. The number of ether oxygens (including phenoxy) is 2. The van der Waals surface area contributed by atoms with Crippen LogP contribution in [0.25, 0.3) is 0 Å². The van der Waals surface area contributed by atoms with Crippen LogP contribution in [0.5, 0.6) is 11.5 Å². The van der Waals surface area contributed by atoms with E-state index in [2.05, 4.69) is 15.9 Å². The fourth-order valence-corrected chi connectivity index (χ4v) is 4.02. The van der Waals surface area contributed by atoms with E-state index >= 15 is 0 Å². The van der Waals surface area contributed by atoms with E-state index < -0.39 is 0 Å². The molecule has 106 valence electrons. The summed E-state index contributed by atoms with van der Waals surface area (Å²) in [6.07, 6.45) is 0. The van der Waals surface area contributed by atoms with E-state index in [0.717, 1.165) is 37.0 Å². The van der Waals surface area contributed by atoms with Gasteiger partial charge >= 0.3 is 0 Å². The van der Waals surface area contributed by atoms with Crippen molar-refractivity contribution in [2.45, 2.75) is 13.0 Å². The molecular formula is C14H13BrClNO2S. The maximum atomic E-state index is 6.36. The number of fused-ring (bicyclic) bond motifs is 1. The molecule has 0 radical (unpaired) electrons. The molecule has 0 saturated carbocycles. The van der Waals surface area contributed by atoms with E-state index in [-0.39, 0.29) is 6.04 Å². The highest BCUT2D eigenvalue weighted by molar-refractivity contribution is 9.10. The Bertz CT molecular complexity index is 659. The van der Waals surface area contributed by atoms with Gasteiger partial charge in [-0.1, -0.05) is 27.5 Å². The van der Waals surface area contributed by atoms with Crippen molar-refractivity contribution < 1.29 is 9.47 Å². The minimum atomic E-state index is -0.286. The van der Waals surface area contributed by atoms with Crippen LogP contribution in [-0.2, 0) is 0 Å².